The summed E-state index contributed by atoms with van der Waals surface area (Å²) in [6.45, 7) is 3.31. The summed E-state index contributed by atoms with van der Waals surface area (Å²) in [5.41, 5.74) is 6.15. The van der Waals surface area contributed by atoms with Gasteiger partial charge in [-0.25, -0.2) is 8.42 Å². The average molecular weight is 458 g/mol. The van der Waals surface area contributed by atoms with Crippen molar-refractivity contribution >= 4 is 26.4 Å². The summed E-state index contributed by atoms with van der Waals surface area (Å²) in [6.07, 6.45) is 1.12. The molecule has 4 aromatic rings. The number of aromatic nitrogens is 1. The first-order valence-corrected chi connectivity index (χ1v) is 12.6. The molecule has 3 aromatic carbocycles. The van der Waals surface area contributed by atoms with Crippen molar-refractivity contribution in [3.63, 3.8) is 0 Å². The van der Waals surface area contributed by atoms with Gasteiger partial charge in [0.1, 0.15) is 6.07 Å². The topological polar surface area (TPSA) is 86.2 Å². The molecular weight excluding hydrogens is 434 g/mol. The van der Waals surface area contributed by atoms with Crippen molar-refractivity contribution in [2.75, 3.05) is 37.5 Å². The second kappa shape index (κ2) is 8.39. The Morgan fingerprint density at radius 3 is 2.39 bits per heavy atom. The quantitative estimate of drug-likeness (QED) is 0.484. The third-order valence-corrected chi connectivity index (χ3v) is 7.18. The van der Waals surface area contributed by atoms with E-state index in [1.165, 1.54) is 11.8 Å². The SMILES string of the molecule is CS(=O)(=O)c1ccc(-c2cccc3[nH]c(-c4ccc(N5CCOCC5)cc4)cc23)cc1C#N. The minimum atomic E-state index is -3.47. The molecule has 1 aliphatic rings. The molecule has 0 radical (unpaired) electrons. The molecule has 5 rings (SSSR count). The first-order chi connectivity index (χ1) is 15.9. The van der Waals surface area contributed by atoms with Gasteiger partial charge in [0.2, 0.25) is 0 Å². The molecule has 2 heterocycles. The molecule has 0 atom stereocenters. The minimum absolute atomic E-state index is 0.0519. The number of sulfone groups is 1. The Hall–Kier alpha value is -3.60. The van der Waals surface area contributed by atoms with E-state index in [4.69, 9.17) is 4.74 Å². The van der Waals surface area contributed by atoms with Gasteiger partial charge >= 0.3 is 0 Å². The summed E-state index contributed by atoms with van der Waals surface area (Å²) in [5, 5.41) is 10.5. The van der Waals surface area contributed by atoms with Crippen LogP contribution >= 0.6 is 0 Å². The molecular formula is C26H23N3O3S. The van der Waals surface area contributed by atoms with Crippen LogP contribution in [0.2, 0.25) is 0 Å². The zero-order chi connectivity index (χ0) is 23.0. The van der Waals surface area contributed by atoms with Crippen LogP contribution in [0.5, 0.6) is 0 Å². The van der Waals surface area contributed by atoms with E-state index in [0.29, 0.717) is 0 Å². The van der Waals surface area contributed by atoms with Crippen LogP contribution in [0.4, 0.5) is 5.69 Å². The van der Waals surface area contributed by atoms with Gasteiger partial charge in [0.25, 0.3) is 0 Å². The van der Waals surface area contributed by atoms with E-state index in [1.54, 1.807) is 12.1 Å². The van der Waals surface area contributed by atoms with Crippen molar-refractivity contribution in [3.05, 3.63) is 72.3 Å². The number of morpholine rings is 1. The highest BCUT2D eigenvalue weighted by Crippen LogP contribution is 2.34. The highest BCUT2D eigenvalue weighted by molar-refractivity contribution is 7.90. The number of ether oxygens (including phenoxy) is 1. The Labute approximate surface area is 193 Å². The second-order valence-corrected chi connectivity index (χ2v) is 10.2. The maximum absolute atomic E-state index is 12.0. The number of aromatic amines is 1. The lowest BCUT2D eigenvalue weighted by Gasteiger charge is -2.28. The Morgan fingerprint density at radius 2 is 1.70 bits per heavy atom. The van der Waals surface area contributed by atoms with Crippen molar-refractivity contribution in [2.45, 2.75) is 4.90 Å². The number of fused-ring (bicyclic) bond motifs is 1. The molecule has 0 unspecified atom stereocenters. The van der Waals surface area contributed by atoms with E-state index in [1.807, 2.05) is 24.3 Å². The Balaban J connectivity index is 1.52. The highest BCUT2D eigenvalue weighted by atomic mass is 32.2. The van der Waals surface area contributed by atoms with Gasteiger partial charge in [-0.2, -0.15) is 5.26 Å². The van der Waals surface area contributed by atoms with E-state index in [9.17, 15) is 13.7 Å². The molecule has 7 heteroatoms. The summed E-state index contributed by atoms with van der Waals surface area (Å²) < 4.78 is 29.4. The van der Waals surface area contributed by atoms with E-state index in [2.05, 4.69) is 40.2 Å². The fourth-order valence-corrected chi connectivity index (χ4v) is 5.16. The van der Waals surface area contributed by atoms with Gasteiger partial charge in [-0.05, 0) is 53.1 Å². The van der Waals surface area contributed by atoms with Crippen LogP contribution in [0.15, 0.2) is 71.6 Å². The number of nitrogens with zero attached hydrogens (tertiary/aromatic N) is 2. The second-order valence-electron chi connectivity index (χ2n) is 8.19. The molecule has 0 bridgehead atoms. The highest BCUT2D eigenvalue weighted by Gasteiger charge is 2.16. The van der Waals surface area contributed by atoms with Crippen LogP contribution in [0, 0.1) is 11.3 Å². The zero-order valence-corrected chi connectivity index (χ0v) is 19.0. The molecule has 33 heavy (non-hydrogen) atoms. The Bertz CT molecular complexity index is 1480. The van der Waals surface area contributed by atoms with E-state index in [-0.39, 0.29) is 10.5 Å². The lowest BCUT2D eigenvalue weighted by atomic mass is 9.99. The van der Waals surface area contributed by atoms with Crippen LogP contribution in [0.3, 0.4) is 0 Å². The summed E-state index contributed by atoms with van der Waals surface area (Å²) in [5.74, 6) is 0. The maximum Gasteiger partial charge on any atom is 0.176 e. The monoisotopic (exact) mass is 457 g/mol. The smallest absolute Gasteiger partial charge is 0.176 e. The summed E-state index contributed by atoms with van der Waals surface area (Å²) in [4.78, 5) is 5.87. The summed E-state index contributed by atoms with van der Waals surface area (Å²) in [7, 11) is -3.47. The molecule has 166 valence electrons. The molecule has 6 nitrogen and oxygen atoms in total. The van der Waals surface area contributed by atoms with Crippen molar-refractivity contribution in [1.82, 2.24) is 4.98 Å². The predicted molar refractivity (Wildman–Crippen MR) is 130 cm³/mol. The number of rotatable bonds is 4. The van der Waals surface area contributed by atoms with Crippen molar-refractivity contribution in [1.29, 1.82) is 5.26 Å². The molecule has 1 fully saturated rings. The third kappa shape index (κ3) is 4.11. The Morgan fingerprint density at radius 1 is 0.970 bits per heavy atom. The number of hydrogen-bond acceptors (Lipinski definition) is 5. The number of hydrogen-bond donors (Lipinski definition) is 1. The van der Waals surface area contributed by atoms with Gasteiger partial charge in [0.15, 0.2) is 9.84 Å². The molecule has 1 aromatic heterocycles. The number of anilines is 1. The van der Waals surface area contributed by atoms with Gasteiger partial charge in [-0.1, -0.05) is 30.3 Å². The van der Waals surface area contributed by atoms with Gasteiger partial charge in [-0.3, -0.25) is 0 Å². The van der Waals surface area contributed by atoms with Crippen LogP contribution in [0.25, 0.3) is 33.3 Å². The third-order valence-electron chi connectivity index (χ3n) is 6.03. The molecule has 0 amide bonds. The molecule has 1 aliphatic heterocycles. The van der Waals surface area contributed by atoms with Gasteiger partial charge in [0.05, 0.1) is 23.7 Å². The largest absolute Gasteiger partial charge is 0.378 e. The lowest BCUT2D eigenvalue weighted by Crippen LogP contribution is -2.36. The number of H-pyrrole nitrogens is 1. The van der Waals surface area contributed by atoms with E-state index >= 15 is 0 Å². The van der Waals surface area contributed by atoms with Gasteiger partial charge < -0.3 is 14.6 Å². The average Bonchev–Trinajstić information content (AvgIpc) is 3.28. The fourth-order valence-electron chi connectivity index (χ4n) is 4.34. The standard InChI is InChI=1S/C26H23N3O3S/c1-33(30,31)26-10-7-19(15-20(26)17-27)22-3-2-4-24-23(22)16-25(28-24)18-5-8-21(9-6-18)29-11-13-32-14-12-29/h2-10,15-16,28H,11-14H2,1H3. The van der Waals surface area contributed by atoms with Crippen LogP contribution in [-0.4, -0.2) is 46.0 Å². The predicted octanol–water partition coefficient (Wildman–Crippen LogP) is 4.61. The van der Waals surface area contributed by atoms with E-state index < -0.39 is 9.84 Å². The summed E-state index contributed by atoms with van der Waals surface area (Å²) in [6, 6.07) is 23.5. The van der Waals surface area contributed by atoms with Crippen molar-refractivity contribution in [2.24, 2.45) is 0 Å². The molecule has 0 aliphatic carbocycles. The van der Waals surface area contributed by atoms with Gasteiger partial charge in [-0.15, -0.1) is 0 Å². The zero-order valence-electron chi connectivity index (χ0n) is 18.2. The van der Waals surface area contributed by atoms with Crippen molar-refractivity contribution in [3.8, 4) is 28.5 Å². The fraction of sp³-hybridized carbons (Fsp3) is 0.192. The summed E-state index contributed by atoms with van der Waals surface area (Å²) >= 11 is 0. The van der Waals surface area contributed by atoms with Crippen LogP contribution in [0.1, 0.15) is 5.56 Å². The Kier molecular flexibility index (Phi) is 5.41. The molecule has 1 N–H and O–H groups in total. The lowest BCUT2D eigenvalue weighted by molar-refractivity contribution is 0.122. The number of nitriles is 1. The van der Waals surface area contributed by atoms with E-state index in [0.717, 1.165) is 65.8 Å². The van der Waals surface area contributed by atoms with Gasteiger partial charge in [0, 0.05) is 41.6 Å². The number of nitrogens with one attached hydrogen (secondary N) is 1. The maximum atomic E-state index is 12.0. The normalized spacial score (nSPS) is 14.4. The van der Waals surface area contributed by atoms with Crippen molar-refractivity contribution < 1.29 is 13.2 Å². The first-order valence-electron chi connectivity index (χ1n) is 10.7. The van der Waals surface area contributed by atoms with Crippen LogP contribution in [-0.2, 0) is 14.6 Å². The number of benzene rings is 3. The minimum Gasteiger partial charge on any atom is -0.378 e. The molecule has 0 saturated carbocycles. The molecule has 1 saturated heterocycles. The van der Waals surface area contributed by atoms with Crippen LogP contribution < -0.4 is 4.90 Å². The first kappa shape index (κ1) is 21.3. The molecule has 0 spiro atoms.